The van der Waals surface area contributed by atoms with E-state index in [-0.39, 0.29) is 41.5 Å². The van der Waals surface area contributed by atoms with Gasteiger partial charge in [0.25, 0.3) is 0 Å². The molecule has 1 atom stereocenters. The van der Waals surface area contributed by atoms with Crippen molar-refractivity contribution < 1.29 is 8.42 Å². The molecule has 0 saturated carbocycles. The van der Waals surface area contributed by atoms with Crippen molar-refractivity contribution in [3.63, 3.8) is 0 Å². The maximum Gasteiger partial charge on any atom is 0.191 e. The molecule has 2 aliphatic rings. The van der Waals surface area contributed by atoms with Crippen molar-refractivity contribution in [2.75, 3.05) is 62.7 Å². The van der Waals surface area contributed by atoms with E-state index >= 15 is 0 Å². The van der Waals surface area contributed by atoms with Crippen LogP contribution in [0.2, 0.25) is 5.02 Å². The standard InChI is InChI=1S/C17H27ClN6O2S.HI/c1-19-17(21-6-8-23-9-11-27(25,26)12-10-23)22-14-4-7-24(13-14)16-15(18)3-2-5-20-16;/h2-3,5,14H,4,6-13H2,1H3,(H2,19,21,22);1H. The molecular weight excluding hydrogens is 515 g/mol. The second-order valence-electron chi connectivity index (χ2n) is 6.88. The van der Waals surface area contributed by atoms with Crippen LogP contribution in [0.5, 0.6) is 0 Å². The van der Waals surface area contributed by atoms with E-state index < -0.39 is 9.84 Å². The molecule has 0 aromatic carbocycles. The fourth-order valence-corrected chi connectivity index (χ4v) is 4.89. The Bertz CT molecular complexity index is 765. The number of guanidine groups is 1. The van der Waals surface area contributed by atoms with Crippen molar-refractivity contribution in [1.29, 1.82) is 0 Å². The van der Waals surface area contributed by atoms with Crippen LogP contribution in [0.3, 0.4) is 0 Å². The molecule has 1 aromatic rings. The van der Waals surface area contributed by atoms with Crippen molar-refractivity contribution in [3.8, 4) is 0 Å². The monoisotopic (exact) mass is 542 g/mol. The zero-order chi connectivity index (χ0) is 19.3. The number of nitrogens with one attached hydrogen (secondary N) is 2. The van der Waals surface area contributed by atoms with Gasteiger partial charge in [0.15, 0.2) is 15.8 Å². The molecule has 0 aliphatic carbocycles. The van der Waals surface area contributed by atoms with E-state index in [1.807, 2.05) is 12.1 Å². The van der Waals surface area contributed by atoms with Crippen LogP contribution < -0.4 is 15.5 Å². The number of halogens is 2. The molecule has 2 aliphatic heterocycles. The van der Waals surface area contributed by atoms with E-state index in [2.05, 4.69) is 30.4 Å². The van der Waals surface area contributed by atoms with Crippen LogP contribution in [-0.2, 0) is 9.84 Å². The molecule has 3 rings (SSSR count). The zero-order valence-electron chi connectivity index (χ0n) is 16.0. The second-order valence-corrected chi connectivity index (χ2v) is 9.59. The summed E-state index contributed by atoms with van der Waals surface area (Å²) in [5, 5.41) is 7.44. The SMILES string of the molecule is CN=C(NCCN1CCS(=O)(=O)CC1)NC1CCN(c2ncccc2Cl)C1.I. The van der Waals surface area contributed by atoms with Gasteiger partial charge in [-0.25, -0.2) is 13.4 Å². The molecule has 0 bridgehead atoms. The summed E-state index contributed by atoms with van der Waals surface area (Å²) in [6.45, 7) is 4.46. The second kappa shape index (κ2) is 10.8. The van der Waals surface area contributed by atoms with Gasteiger partial charge in [-0.05, 0) is 18.6 Å². The zero-order valence-corrected chi connectivity index (χ0v) is 19.9. The minimum absolute atomic E-state index is 0. The Hall–Kier alpha value is -0.850. The topological polar surface area (TPSA) is 89.9 Å². The van der Waals surface area contributed by atoms with E-state index in [4.69, 9.17) is 11.6 Å². The Kier molecular flexibility index (Phi) is 9.03. The number of hydrogen-bond donors (Lipinski definition) is 2. The molecule has 3 heterocycles. The van der Waals surface area contributed by atoms with Crippen LogP contribution in [0.4, 0.5) is 5.82 Å². The van der Waals surface area contributed by atoms with Crippen LogP contribution in [0, 0.1) is 0 Å². The predicted molar refractivity (Wildman–Crippen MR) is 125 cm³/mol. The molecule has 158 valence electrons. The first kappa shape index (κ1) is 23.4. The van der Waals surface area contributed by atoms with Gasteiger partial charge < -0.3 is 15.5 Å². The average Bonchev–Trinajstić information content (AvgIpc) is 3.11. The van der Waals surface area contributed by atoms with Crippen molar-refractivity contribution in [2.45, 2.75) is 12.5 Å². The van der Waals surface area contributed by atoms with E-state index in [9.17, 15) is 8.42 Å². The number of anilines is 1. The summed E-state index contributed by atoms with van der Waals surface area (Å²) in [4.78, 5) is 13.0. The van der Waals surface area contributed by atoms with Crippen LogP contribution in [-0.4, -0.2) is 88.1 Å². The molecule has 2 N–H and O–H groups in total. The lowest BCUT2D eigenvalue weighted by Gasteiger charge is -2.27. The third-order valence-electron chi connectivity index (χ3n) is 4.95. The first-order chi connectivity index (χ1) is 13.0. The summed E-state index contributed by atoms with van der Waals surface area (Å²) in [5.41, 5.74) is 0. The van der Waals surface area contributed by atoms with Gasteiger partial charge in [-0.15, -0.1) is 24.0 Å². The first-order valence-electron chi connectivity index (χ1n) is 9.22. The smallest absolute Gasteiger partial charge is 0.191 e. The van der Waals surface area contributed by atoms with Gasteiger partial charge in [-0.2, -0.15) is 0 Å². The van der Waals surface area contributed by atoms with Gasteiger partial charge in [-0.1, -0.05) is 11.6 Å². The Morgan fingerprint density at radius 1 is 1.36 bits per heavy atom. The van der Waals surface area contributed by atoms with Crippen LogP contribution in [0.25, 0.3) is 0 Å². The highest BCUT2D eigenvalue weighted by Crippen LogP contribution is 2.25. The molecule has 2 fully saturated rings. The van der Waals surface area contributed by atoms with Crippen molar-refractivity contribution in [1.82, 2.24) is 20.5 Å². The predicted octanol–water partition coefficient (Wildman–Crippen LogP) is 0.827. The number of pyridine rings is 1. The van der Waals surface area contributed by atoms with Gasteiger partial charge in [0.1, 0.15) is 5.82 Å². The number of aliphatic imine (C=N–C) groups is 1. The largest absolute Gasteiger partial charge is 0.355 e. The third-order valence-corrected chi connectivity index (χ3v) is 6.85. The maximum absolute atomic E-state index is 11.5. The molecule has 2 saturated heterocycles. The highest BCUT2D eigenvalue weighted by molar-refractivity contribution is 14.0. The molecule has 1 aromatic heterocycles. The Labute approximate surface area is 189 Å². The lowest BCUT2D eigenvalue weighted by molar-refractivity contribution is 0.299. The number of nitrogens with zero attached hydrogens (tertiary/aromatic N) is 4. The Morgan fingerprint density at radius 2 is 2.11 bits per heavy atom. The normalized spacial score (nSPS) is 22.6. The van der Waals surface area contributed by atoms with Gasteiger partial charge in [-0.3, -0.25) is 9.89 Å². The van der Waals surface area contributed by atoms with Gasteiger partial charge >= 0.3 is 0 Å². The van der Waals surface area contributed by atoms with E-state index in [1.165, 1.54) is 0 Å². The minimum Gasteiger partial charge on any atom is -0.355 e. The summed E-state index contributed by atoms with van der Waals surface area (Å²) in [5.74, 6) is 2.10. The van der Waals surface area contributed by atoms with Crippen molar-refractivity contribution >= 4 is 57.2 Å². The first-order valence-corrected chi connectivity index (χ1v) is 11.4. The summed E-state index contributed by atoms with van der Waals surface area (Å²) >= 11 is 6.24. The van der Waals surface area contributed by atoms with Crippen molar-refractivity contribution in [2.24, 2.45) is 4.99 Å². The lowest BCUT2D eigenvalue weighted by atomic mass is 10.3. The molecule has 11 heteroatoms. The summed E-state index contributed by atoms with van der Waals surface area (Å²) < 4.78 is 23.0. The molecular formula is C17H28ClIN6O2S. The quantitative estimate of drug-likeness (QED) is 0.324. The van der Waals surface area contributed by atoms with Crippen LogP contribution in [0.1, 0.15) is 6.42 Å². The molecule has 8 nitrogen and oxygen atoms in total. The van der Waals surface area contributed by atoms with Crippen LogP contribution >= 0.6 is 35.6 Å². The summed E-state index contributed by atoms with van der Waals surface area (Å²) in [6, 6.07) is 3.97. The van der Waals surface area contributed by atoms with Gasteiger partial charge in [0.2, 0.25) is 0 Å². The number of aromatic nitrogens is 1. The van der Waals surface area contributed by atoms with Gasteiger partial charge in [0, 0.05) is 58.6 Å². The van der Waals surface area contributed by atoms with Crippen LogP contribution in [0.15, 0.2) is 23.3 Å². The molecule has 0 radical (unpaired) electrons. The molecule has 28 heavy (non-hydrogen) atoms. The van der Waals surface area contributed by atoms with E-state index in [0.717, 1.165) is 44.4 Å². The fourth-order valence-electron chi connectivity index (χ4n) is 3.37. The third kappa shape index (κ3) is 6.60. The highest BCUT2D eigenvalue weighted by Gasteiger charge is 2.25. The summed E-state index contributed by atoms with van der Waals surface area (Å²) in [6.07, 6.45) is 2.74. The maximum atomic E-state index is 11.5. The van der Waals surface area contributed by atoms with Crippen molar-refractivity contribution in [3.05, 3.63) is 23.4 Å². The molecule has 1 unspecified atom stereocenters. The Balaban J connectivity index is 0.00000280. The average molecular weight is 543 g/mol. The van der Waals surface area contributed by atoms with E-state index in [0.29, 0.717) is 18.1 Å². The van der Waals surface area contributed by atoms with Gasteiger partial charge in [0.05, 0.1) is 16.5 Å². The number of sulfone groups is 1. The van der Waals surface area contributed by atoms with E-state index in [1.54, 1.807) is 13.2 Å². The number of rotatable bonds is 5. The highest BCUT2D eigenvalue weighted by atomic mass is 127. The summed E-state index contributed by atoms with van der Waals surface area (Å²) in [7, 11) is -1.07. The Morgan fingerprint density at radius 3 is 2.79 bits per heavy atom. The number of hydrogen-bond acceptors (Lipinski definition) is 6. The molecule has 0 spiro atoms. The minimum atomic E-state index is -2.83. The lowest BCUT2D eigenvalue weighted by Crippen LogP contribution is -2.48. The fraction of sp³-hybridized carbons (Fsp3) is 0.647. The molecule has 0 amide bonds.